The van der Waals surface area contributed by atoms with Gasteiger partial charge in [-0.25, -0.2) is 26.4 Å². The van der Waals surface area contributed by atoms with Gasteiger partial charge in [-0.1, -0.05) is 35.4 Å². The van der Waals surface area contributed by atoms with E-state index in [-0.39, 0.29) is 48.3 Å². The van der Waals surface area contributed by atoms with Crippen molar-refractivity contribution in [3.8, 4) is 11.5 Å². The van der Waals surface area contributed by atoms with E-state index in [4.69, 9.17) is 9.47 Å². The monoisotopic (exact) mass is 628 g/mol. The summed E-state index contributed by atoms with van der Waals surface area (Å²) in [4.78, 5) is 24.8. The first-order valence-corrected chi connectivity index (χ1v) is 14.4. The van der Waals surface area contributed by atoms with Crippen molar-refractivity contribution in [3.63, 3.8) is 0 Å². The minimum absolute atomic E-state index is 0. The van der Waals surface area contributed by atoms with Gasteiger partial charge in [0.15, 0.2) is 0 Å². The molecule has 10 nitrogen and oxygen atoms in total. The van der Waals surface area contributed by atoms with E-state index in [0.29, 0.717) is 0 Å². The number of esters is 2. The molecule has 40 heavy (non-hydrogen) atoms. The van der Waals surface area contributed by atoms with E-state index in [2.05, 4.69) is 9.44 Å². The Labute approximate surface area is 248 Å². The van der Waals surface area contributed by atoms with Crippen LogP contribution in [0.2, 0.25) is 0 Å². The van der Waals surface area contributed by atoms with Gasteiger partial charge in [0.25, 0.3) is 0 Å². The molecule has 218 valence electrons. The molecular formula is C26H32N2O8S4. The lowest BCUT2D eigenvalue weighted by Gasteiger charge is -2.15. The van der Waals surface area contributed by atoms with E-state index in [0.717, 1.165) is 11.1 Å². The van der Waals surface area contributed by atoms with Crippen molar-refractivity contribution in [3.05, 3.63) is 83.9 Å². The SMILES string of the molecule is Cc1ccc(S(=O)(=O)N[C@@H](C)C(=O)Oc2ccc(OC(=O)[C@H](C)NS(=O)(=O)c3ccc(C)cc3)cc2)cc1.S.S. The summed E-state index contributed by atoms with van der Waals surface area (Å²) in [6.07, 6.45) is 0. The molecule has 14 heteroatoms. The average Bonchev–Trinajstić information content (AvgIpc) is 2.85. The summed E-state index contributed by atoms with van der Waals surface area (Å²) in [5.41, 5.74) is 1.78. The Kier molecular flexibility index (Phi) is 12.9. The molecule has 3 rings (SSSR count). The zero-order chi connectivity index (χ0) is 28.1. The number of carbonyl (C=O) groups is 2. The largest absolute Gasteiger partial charge is 0.425 e. The number of rotatable bonds is 10. The smallest absolute Gasteiger partial charge is 0.329 e. The highest BCUT2D eigenvalue weighted by Gasteiger charge is 2.25. The van der Waals surface area contributed by atoms with Crippen molar-refractivity contribution in [2.45, 2.75) is 49.6 Å². The molecule has 2 N–H and O–H groups in total. The van der Waals surface area contributed by atoms with Gasteiger partial charge in [0.05, 0.1) is 9.79 Å². The molecule has 0 saturated carbocycles. The Morgan fingerprint density at radius 3 is 1.12 bits per heavy atom. The zero-order valence-electron chi connectivity index (χ0n) is 22.2. The second-order valence-electron chi connectivity index (χ2n) is 8.63. The lowest BCUT2D eigenvalue weighted by molar-refractivity contribution is -0.136. The van der Waals surface area contributed by atoms with Gasteiger partial charge in [-0.3, -0.25) is 0 Å². The highest BCUT2D eigenvalue weighted by Crippen LogP contribution is 2.19. The van der Waals surface area contributed by atoms with Crippen LogP contribution in [0.5, 0.6) is 11.5 Å². The Morgan fingerprint density at radius 2 is 0.850 bits per heavy atom. The van der Waals surface area contributed by atoms with Crippen molar-refractivity contribution in [1.29, 1.82) is 0 Å². The van der Waals surface area contributed by atoms with Crippen LogP contribution in [0.15, 0.2) is 82.6 Å². The lowest BCUT2D eigenvalue weighted by atomic mass is 10.2. The van der Waals surface area contributed by atoms with Crippen LogP contribution in [0.3, 0.4) is 0 Å². The van der Waals surface area contributed by atoms with Crippen LogP contribution in [-0.4, -0.2) is 40.9 Å². The Bertz CT molecular complexity index is 1390. The molecule has 0 fully saturated rings. The molecule has 0 saturated heterocycles. The molecule has 0 aromatic heterocycles. The maximum atomic E-state index is 12.5. The Morgan fingerprint density at radius 1 is 0.575 bits per heavy atom. The average molecular weight is 629 g/mol. The van der Waals surface area contributed by atoms with Gasteiger partial charge < -0.3 is 9.47 Å². The van der Waals surface area contributed by atoms with Crippen LogP contribution in [0.1, 0.15) is 25.0 Å². The van der Waals surface area contributed by atoms with Gasteiger partial charge in [-0.05, 0) is 76.2 Å². The van der Waals surface area contributed by atoms with Gasteiger partial charge in [-0.2, -0.15) is 36.4 Å². The molecular weight excluding hydrogens is 597 g/mol. The van der Waals surface area contributed by atoms with Gasteiger partial charge in [0, 0.05) is 0 Å². The number of nitrogens with one attached hydrogen (secondary N) is 2. The van der Waals surface area contributed by atoms with Crippen molar-refractivity contribution < 1.29 is 35.9 Å². The molecule has 2 atom stereocenters. The maximum Gasteiger partial charge on any atom is 0.329 e. The van der Waals surface area contributed by atoms with E-state index in [1.54, 1.807) is 24.3 Å². The van der Waals surface area contributed by atoms with Crippen LogP contribution in [-0.2, 0) is 29.6 Å². The number of aryl methyl sites for hydroxylation is 2. The zero-order valence-corrected chi connectivity index (χ0v) is 25.8. The molecule has 0 radical (unpaired) electrons. The molecule has 0 bridgehead atoms. The molecule has 0 aliphatic rings. The molecule has 0 spiro atoms. The van der Waals surface area contributed by atoms with E-state index >= 15 is 0 Å². The number of sulfonamides is 2. The predicted molar refractivity (Wildman–Crippen MR) is 160 cm³/mol. The van der Waals surface area contributed by atoms with Crippen molar-refractivity contribution in [2.75, 3.05) is 0 Å². The molecule has 0 unspecified atom stereocenters. The summed E-state index contributed by atoms with van der Waals surface area (Å²) >= 11 is 0. The number of ether oxygens (including phenoxy) is 2. The molecule has 3 aromatic rings. The summed E-state index contributed by atoms with van der Waals surface area (Å²) in [7, 11) is -7.86. The number of hydrogen-bond donors (Lipinski definition) is 2. The van der Waals surface area contributed by atoms with Crippen molar-refractivity contribution in [1.82, 2.24) is 9.44 Å². The molecule has 0 aliphatic heterocycles. The lowest BCUT2D eigenvalue weighted by Crippen LogP contribution is -2.40. The minimum Gasteiger partial charge on any atom is -0.425 e. The third-order valence-corrected chi connectivity index (χ3v) is 8.41. The topological polar surface area (TPSA) is 145 Å². The summed E-state index contributed by atoms with van der Waals surface area (Å²) in [5, 5.41) is 0. The summed E-state index contributed by atoms with van der Waals surface area (Å²) < 4.78 is 64.9. The first-order chi connectivity index (χ1) is 17.8. The van der Waals surface area contributed by atoms with Gasteiger partial charge in [0.1, 0.15) is 23.6 Å². The van der Waals surface area contributed by atoms with Crippen LogP contribution >= 0.6 is 27.0 Å². The maximum absolute atomic E-state index is 12.5. The predicted octanol–water partition coefficient (Wildman–Crippen LogP) is 3.07. The number of hydrogen-bond acceptors (Lipinski definition) is 8. The van der Waals surface area contributed by atoms with Crippen LogP contribution in [0, 0.1) is 13.8 Å². The highest BCUT2D eigenvalue weighted by molar-refractivity contribution is 7.89. The fourth-order valence-electron chi connectivity index (χ4n) is 3.12. The molecule has 0 amide bonds. The summed E-state index contributed by atoms with van der Waals surface area (Å²) in [5.74, 6) is -1.51. The van der Waals surface area contributed by atoms with Crippen LogP contribution in [0.25, 0.3) is 0 Å². The molecule has 0 aliphatic carbocycles. The summed E-state index contributed by atoms with van der Waals surface area (Å²) in [6.45, 7) is 6.35. The van der Waals surface area contributed by atoms with E-state index < -0.39 is 44.1 Å². The van der Waals surface area contributed by atoms with Gasteiger partial charge >= 0.3 is 11.9 Å². The van der Waals surface area contributed by atoms with Crippen LogP contribution in [0.4, 0.5) is 0 Å². The number of carbonyl (C=O) groups excluding carboxylic acids is 2. The van der Waals surface area contributed by atoms with Gasteiger partial charge in [0.2, 0.25) is 20.0 Å². The van der Waals surface area contributed by atoms with E-state index in [1.807, 2.05) is 13.8 Å². The molecule has 3 aromatic carbocycles. The Balaban J connectivity index is 0.00000400. The van der Waals surface area contributed by atoms with Crippen LogP contribution < -0.4 is 18.9 Å². The minimum atomic E-state index is -3.93. The highest BCUT2D eigenvalue weighted by atomic mass is 32.2. The van der Waals surface area contributed by atoms with E-state index in [9.17, 15) is 26.4 Å². The third-order valence-electron chi connectivity index (χ3n) is 5.29. The van der Waals surface area contributed by atoms with Gasteiger partial charge in [-0.15, -0.1) is 0 Å². The normalized spacial score (nSPS) is 12.7. The fraction of sp³-hybridized carbons (Fsp3) is 0.231. The third kappa shape index (κ3) is 9.64. The quantitative estimate of drug-likeness (QED) is 0.258. The fourth-order valence-corrected chi connectivity index (χ4v) is 5.50. The second kappa shape index (κ2) is 14.7. The van der Waals surface area contributed by atoms with E-state index in [1.165, 1.54) is 62.4 Å². The first kappa shape index (κ1) is 35.1. The summed E-state index contributed by atoms with van der Waals surface area (Å²) in [6, 6.07) is 15.4. The standard InChI is InChI=1S/C26H28N2O8S2.2H2S/c1-17-5-13-23(14-6-17)37(31,32)27-19(3)25(29)35-21-9-11-22(12-10-21)36-26(30)20(4)28-38(33,34)24-15-7-18(2)8-16-24;;/h5-16,19-20,27-28H,1-4H3;2*1H2/t19-,20-;;/m0../s1. The first-order valence-electron chi connectivity index (χ1n) is 11.5. The molecule has 0 heterocycles. The number of benzene rings is 3. The van der Waals surface area contributed by atoms with Crippen molar-refractivity contribution in [2.24, 2.45) is 0 Å². The second-order valence-corrected chi connectivity index (χ2v) is 12.1. The Hall–Kier alpha value is -2.88. The van der Waals surface area contributed by atoms with Crippen molar-refractivity contribution >= 4 is 59.0 Å².